The number of benzene rings is 2. The van der Waals surface area contributed by atoms with Crippen LogP contribution in [0.1, 0.15) is 5.56 Å². The van der Waals surface area contributed by atoms with Crippen molar-refractivity contribution in [3.8, 4) is 16.9 Å². The summed E-state index contributed by atoms with van der Waals surface area (Å²) < 4.78 is 20.1. The summed E-state index contributed by atoms with van der Waals surface area (Å²) in [4.78, 5) is 0. The van der Waals surface area contributed by atoms with Crippen molar-refractivity contribution in [1.29, 1.82) is 0 Å². The van der Waals surface area contributed by atoms with Gasteiger partial charge in [-0.15, -0.1) is 0 Å². The zero-order chi connectivity index (χ0) is 14.7. The van der Waals surface area contributed by atoms with Gasteiger partial charge in [-0.2, -0.15) is 0 Å². The maximum absolute atomic E-state index is 14.2. The van der Waals surface area contributed by atoms with Gasteiger partial charge >= 0.3 is 0 Å². The average Bonchev–Trinajstić information content (AvgIpc) is 2.45. The summed E-state index contributed by atoms with van der Waals surface area (Å²) in [5.41, 5.74) is 2.20. The molecule has 0 saturated carbocycles. The molecule has 0 aliphatic rings. The van der Waals surface area contributed by atoms with Gasteiger partial charge in [0.1, 0.15) is 5.75 Å². The number of hydrogen-bond donors (Lipinski definition) is 1. The summed E-state index contributed by atoms with van der Waals surface area (Å²) in [6.45, 7) is 0.642. The van der Waals surface area contributed by atoms with E-state index in [0.717, 1.165) is 16.9 Å². The first kappa shape index (κ1) is 15.3. The molecule has 2 aromatic rings. The van der Waals surface area contributed by atoms with Gasteiger partial charge in [0.05, 0.1) is 12.1 Å². The highest BCUT2D eigenvalue weighted by Gasteiger charge is 2.13. The van der Waals surface area contributed by atoms with Crippen LogP contribution in [0, 0.1) is 5.82 Å². The molecule has 0 aliphatic carbocycles. The Hall–Kier alpha value is -1.10. The third kappa shape index (κ3) is 2.97. The van der Waals surface area contributed by atoms with Crippen molar-refractivity contribution in [2.45, 2.75) is 6.54 Å². The number of rotatable bonds is 4. The van der Waals surface area contributed by atoms with Gasteiger partial charge in [-0.05, 0) is 46.7 Å². The molecule has 2 rings (SSSR count). The van der Waals surface area contributed by atoms with E-state index in [4.69, 9.17) is 16.3 Å². The molecule has 0 heterocycles. The van der Waals surface area contributed by atoms with Gasteiger partial charge in [-0.25, -0.2) is 4.39 Å². The molecular weight excluding hydrogens is 345 g/mol. The molecule has 1 N–H and O–H groups in total. The summed E-state index contributed by atoms with van der Waals surface area (Å²) in [6.07, 6.45) is 0. The lowest BCUT2D eigenvalue weighted by molar-refractivity contribution is 0.408. The second kappa shape index (κ2) is 6.57. The lowest BCUT2D eigenvalue weighted by atomic mass is 10.0. The normalized spacial score (nSPS) is 10.7. The Morgan fingerprint density at radius 3 is 2.70 bits per heavy atom. The van der Waals surface area contributed by atoms with E-state index >= 15 is 0 Å². The third-order valence-electron chi connectivity index (χ3n) is 2.99. The van der Waals surface area contributed by atoms with Crippen molar-refractivity contribution in [2.24, 2.45) is 0 Å². The van der Waals surface area contributed by atoms with E-state index in [0.29, 0.717) is 16.6 Å². The van der Waals surface area contributed by atoms with E-state index < -0.39 is 5.82 Å². The van der Waals surface area contributed by atoms with Crippen LogP contribution >= 0.6 is 27.5 Å². The Morgan fingerprint density at radius 1 is 1.30 bits per heavy atom. The number of hydrogen-bond acceptors (Lipinski definition) is 2. The van der Waals surface area contributed by atoms with Crippen molar-refractivity contribution in [3.05, 3.63) is 51.2 Å². The molecule has 2 nitrogen and oxygen atoms in total. The highest BCUT2D eigenvalue weighted by atomic mass is 79.9. The fourth-order valence-corrected chi connectivity index (χ4v) is 2.49. The zero-order valence-electron chi connectivity index (χ0n) is 11.1. The third-order valence-corrected chi connectivity index (χ3v) is 4.25. The first-order chi connectivity index (χ1) is 9.58. The van der Waals surface area contributed by atoms with Crippen LogP contribution in [-0.4, -0.2) is 14.2 Å². The minimum absolute atomic E-state index is 0.0912. The maximum atomic E-state index is 14.2. The summed E-state index contributed by atoms with van der Waals surface area (Å²) in [6, 6.07) is 9.00. The first-order valence-corrected chi connectivity index (χ1v) is 7.21. The molecule has 0 unspecified atom stereocenters. The monoisotopic (exact) mass is 357 g/mol. The molecular formula is C15H14BrClFNO. The van der Waals surface area contributed by atoms with Crippen molar-refractivity contribution in [1.82, 2.24) is 5.32 Å². The summed E-state index contributed by atoms with van der Waals surface area (Å²) >= 11 is 9.15. The minimum atomic E-state index is -0.429. The Bertz CT molecular complexity index is 634. The van der Waals surface area contributed by atoms with E-state index in [1.807, 2.05) is 25.2 Å². The molecule has 0 amide bonds. The maximum Gasteiger partial charge on any atom is 0.150 e. The van der Waals surface area contributed by atoms with E-state index in [1.54, 1.807) is 19.2 Å². The van der Waals surface area contributed by atoms with Gasteiger partial charge in [-0.1, -0.05) is 23.7 Å². The molecule has 2 aromatic carbocycles. The number of halogens is 3. The molecule has 0 fully saturated rings. The molecule has 0 spiro atoms. The molecule has 0 aromatic heterocycles. The van der Waals surface area contributed by atoms with E-state index in [2.05, 4.69) is 21.2 Å². The van der Waals surface area contributed by atoms with Gasteiger partial charge in [0.2, 0.25) is 0 Å². The molecule has 106 valence electrons. The highest BCUT2D eigenvalue weighted by Crippen LogP contribution is 2.34. The van der Waals surface area contributed by atoms with Crippen molar-refractivity contribution >= 4 is 27.5 Å². The van der Waals surface area contributed by atoms with Gasteiger partial charge in [0.25, 0.3) is 0 Å². The van der Waals surface area contributed by atoms with Crippen LogP contribution in [0.25, 0.3) is 11.1 Å². The van der Waals surface area contributed by atoms with Gasteiger partial charge in [0, 0.05) is 22.1 Å². The second-order valence-corrected chi connectivity index (χ2v) is 5.51. The summed E-state index contributed by atoms with van der Waals surface area (Å²) in [5, 5.41) is 3.16. The highest BCUT2D eigenvalue weighted by molar-refractivity contribution is 9.10. The standard InChI is InChI=1S/C15H14BrClFNO/c1-19-8-10-7-9(3-6-13(10)20-2)11-4-5-12(16)14(17)15(11)18/h3-7,19H,8H2,1-2H3. The second-order valence-electron chi connectivity index (χ2n) is 4.28. The zero-order valence-corrected chi connectivity index (χ0v) is 13.5. The Morgan fingerprint density at radius 2 is 2.05 bits per heavy atom. The smallest absolute Gasteiger partial charge is 0.150 e. The Kier molecular flexibility index (Phi) is 5.02. The van der Waals surface area contributed by atoms with Crippen LogP contribution in [0.15, 0.2) is 34.8 Å². The number of ether oxygens (including phenoxy) is 1. The molecule has 0 atom stereocenters. The minimum Gasteiger partial charge on any atom is -0.496 e. The topological polar surface area (TPSA) is 21.3 Å². The SMILES string of the molecule is CNCc1cc(-c2ccc(Br)c(Cl)c2F)ccc1OC. The van der Waals surface area contributed by atoms with Crippen LogP contribution in [0.4, 0.5) is 4.39 Å². The van der Waals surface area contributed by atoms with Crippen molar-refractivity contribution in [2.75, 3.05) is 14.2 Å². The van der Waals surface area contributed by atoms with Gasteiger partial charge in [-0.3, -0.25) is 0 Å². The van der Waals surface area contributed by atoms with E-state index in [-0.39, 0.29) is 5.02 Å². The molecule has 20 heavy (non-hydrogen) atoms. The number of methoxy groups -OCH3 is 1. The van der Waals surface area contributed by atoms with Crippen LogP contribution in [0.5, 0.6) is 5.75 Å². The van der Waals surface area contributed by atoms with Gasteiger partial charge < -0.3 is 10.1 Å². The largest absolute Gasteiger partial charge is 0.496 e. The predicted molar refractivity (Wildman–Crippen MR) is 83.9 cm³/mol. The molecule has 0 aliphatic heterocycles. The Balaban J connectivity index is 2.53. The average molecular weight is 359 g/mol. The van der Waals surface area contributed by atoms with Crippen LogP contribution in [-0.2, 0) is 6.54 Å². The van der Waals surface area contributed by atoms with Crippen LogP contribution in [0.3, 0.4) is 0 Å². The van der Waals surface area contributed by atoms with Crippen molar-refractivity contribution < 1.29 is 9.13 Å². The van der Waals surface area contributed by atoms with Crippen LogP contribution < -0.4 is 10.1 Å². The Labute approximate surface area is 131 Å². The fourth-order valence-electron chi connectivity index (χ4n) is 2.02. The molecule has 0 saturated heterocycles. The predicted octanol–water partition coefficient (Wildman–Crippen LogP) is 4.64. The fraction of sp³-hybridized carbons (Fsp3) is 0.200. The lowest BCUT2D eigenvalue weighted by Crippen LogP contribution is -2.06. The summed E-state index contributed by atoms with van der Waals surface area (Å²) in [5.74, 6) is 0.341. The lowest BCUT2D eigenvalue weighted by Gasteiger charge is -2.12. The quantitative estimate of drug-likeness (QED) is 0.804. The van der Waals surface area contributed by atoms with Gasteiger partial charge in [0.15, 0.2) is 5.82 Å². The molecule has 5 heteroatoms. The first-order valence-electron chi connectivity index (χ1n) is 6.04. The number of nitrogens with one attached hydrogen (secondary N) is 1. The van der Waals surface area contributed by atoms with E-state index in [9.17, 15) is 4.39 Å². The van der Waals surface area contributed by atoms with E-state index in [1.165, 1.54) is 0 Å². The summed E-state index contributed by atoms with van der Waals surface area (Å²) in [7, 11) is 3.47. The van der Waals surface area contributed by atoms with Crippen LogP contribution in [0.2, 0.25) is 5.02 Å². The van der Waals surface area contributed by atoms with Crippen molar-refractivity contribution in [3.63, 3.8) is 0 Å². The molecule has 0 radical (unpaired) electrons. The molecule has 0 bridgehead atoms.